The summed E-state index contributed by atoms with van der Waals surface area (Å²) in [6.45, 7) is 0. The molecule has 0 bridgehead atoms. The second-order valence-corrected chi connectivity index (χ2v) is 14.6. The van der Waals surface area contributed by atoms with Crippen LogP contribution < -0.4 is 0 Å². The number of nitrogens with zero attached hydrogens (tertiary/aromatic N) is 4. The third-order valence-corrected chi connectivity index (χ3v) is 11.5. The van der Waals surface area contributed by atoms with Crippen LogP contribution in [0.3, 0.4) is 0 Å². The highest BCUT2D eigenvalue weighted by Crippen LogP contribution is 2.41. The number of hydrogen-bond donors (Lipinski definition) is 0. The van der Waals surface area contributed by atoms with Gasteiger partial charge in [-0.15, -0.1) is 0 Å². The first-order chi connectivity index (χ1) is 27.8. The summed E-state index contributed by atoms with van der Waals surface area (Å²) in [7, 11) is 0. The fraction of sp³-hybridized carbons (Fsp3) is 0. The second-order valence-electron chi connectivity index (χ2n) is 14.6. The maximum absolute atomic E-state index is 5.48. The summed E-state index contributed by atoms with van der Waals surface area (Å²) in [6.07, 6.45) is 0. The van der Waals surface area contributed by atoms with E-state index in [-0.39, 0.29) is 0 Å². The van der Waals surface area contributed by atoms with Crippen LogP contribution in [0.1, 0.15) is 0 Å². The maximum Gasteiger partial charge on any atom is 0.165 e. The van der Waals surface area contributed by atoms with Gasteiger partial charge in [-0.2, -0.15) is 0 Å². The predicted molar refractivity (Wildman–Crippen MR) is 234 cm³/mol. The highest BCUT2D eigenvalue weighted by Gasteiger charge is 2.22. The highest BCUT2D eigenvalue weighted by atomic mass is 15.1. The Morgan fingerprint density at radius 2 is 0.946 bits per heavy atom. The highest BCUT2D eigenvalue weighted by molar-refractivity contribution is 6.22. The van der Waals surface area contributed by atoms with Crippen molar-refractivity contribution in [2.45, 2.75) is 0 Å². The van der Waals surface area contributed by atoms with Gasteiger partial charge in [0.15, 0.2) is 5.82 Å². The normalized spacial score (nSPS) is 11.9. The van der Waals surface area contributed by atoms with Crippen molar-refractivity contribution < 1.29 is 0 Å². The van der Waals surface area contributed by atoms with Crippen molar-refractivity contribution in [3.05, 3.63) is 194 Å². The van der Waals surface area contributed by atoms with Crippen LogP contribution in [0.15, 0.2) is 194 Å². The summed E-state index contributed by atoms with van der Waals surface area (Å²) >= 11 is 0. The summed E-state index contributed by atoms with van der Waals surface area (Å²) < 4.78 is 4.77. The number of aromatic nitrogens is 4. The average molecular weight is 713 g/mol. The molecule has 56 heavy (non-hydrogen) atoms. The summed E-state index contributed by atoms with van der Waals surface area (Å²) in [6, 6.07) is 69.6. The molecule has 4 heteroatoms. The van der Waals surface area contributed by atoms with Gasteiger partial charge >= 0.3 is 0 Å². The van der Waals surface area contributed by atoms with E-state index in [1.165, 1.54) is 59.7 Å². The van der Waals surface area contributed by atoms with Gasteiger partial charge in [-0.05, 0) is 81.2 Å². The molecule has 3 heterocycles. The lowest BCUT2D eigenvalue weighted by atomic mass is 10.0. The Labute approximate surface area is 322 Å². The topological polar surface area (TPSA) is 35.6 Å². The van der Waals surface area contributed by atoms with E-state index in [0.717, 1.165) is 50.4 Å². The van der Waals surface area contributed by atoms with Crippen molar-refractivity contribution in [2.75, 3.05) is 0 Å². The third-order valence-electron chi connectivity index (χ3n) is 11.5. The average Bonchev–Trinajstić information content (AvgIpc) is 3.77. The Hall–Kier alpha value is -7.56. The molecule has 3 aromatic heterocycles. The Morgan fingerprint density at radius 3 is 1.77 bits per heavy atom. The van der Waals surface area contributed by atoms with Crippen molar-refractivity contribution in [3.8, 4) is 33.9 Å². The molecule has 12 rings (SSSR count). The van der Waals surface area contributed by atoms with E-state index >= 15 is 0 Å². The van der Waals surface area contributed by atoms with Gasteiger partial charge in [-0.3, -0.25) is 4.57 Å². The fourth-order valence-electron chi connectivity index (χ4n) is 8.87. The molecule has 0 atom stereocenters. The molecule has 0 saturated carbocycles. The van der Waals surface area contributed by atoms with Gasteiger partial charge in [0.2, 0.25) is 0 Å². The standard InChI is InChI=1S/C52H32N4/c1-2-12-33(13-3-1)34-22-24-36(25-23-34)51-52(54-45-20-10-9-19-44(45)53-51)56-47-29-26-35-14-6-7-17-40(35)50(47)42-28-27-39(32-49(42)56)55-46-21-11-8-18-41(46)43-30-37-15-4-5-16-38(37)31-48(43)55/h1-32H. The summed E-state index contributed by atoms with van der Waals surface area (Å²) in [5.74, 6) is 0.803. The zero-order chi connectivity index (χ0) is 36.7. The van der Waals surface area contributed by atoms with E-state index in [2.05, 4.69) is 191 Å². The molecule has 0 aliphatic carbocycles. The Balaban J connectivity index is 1.18. The van der Waals surface area contributed by atoms with Gasteiger partial charge < -0.3 is 4.57 Å². The second kappa shape index (κ2) is 12.0. The molecule has 260 valence electrons. The molecule has 0 spiro atoms. The lowest BCUT2D eigenvalue weighted by Gasteiger charge is -2.15. The van der Waals surface area contributed by atoms with Gasteiger partial charge in [0.25, 0.3) is 0 Å². The van der Waals surface area contributed by atoms with Gasteiger partial charge in [0.1, 0.15) is 5.69 Å². The van der Waals surface area contributed by atoms with Gasteiger partial charge in [0, 0.05) is 32.8 Å². The van der Waals surface area contributed by atoms with Gasteiger partial charge in [0.05, 0.1) is 33.1 Å². The molecular formula is C52H32N4. The van der Waals surface area contributed by atoms with Crippen LogP contribution in [-0.2, 0) is 0 Å². The molecule has 12 aromatic rings. The van der Waals surface area contributed by atoms with Gasteiger partial charge in [-0.25, -0.2) is 9.97 Å². The zero-order valence-corrected chi connectivity index (χ0v) is 30.3. The van der Waals surface area contributed by atoms with Crippen molar-refractivity contribution in [1.82, 2.24) is 19.1 Å². The molecule has 0 aliphatic rings. The lowest BCUT2D eigenvalue weighted by molar-refractivity contribution is 1.08. The number of benzene rings is 9. The van der Waals surface area contributed by atoms with Gasteiger partial charge in [-0.1, -0.05) is 146 Å². The van der Waals surface area contributed by atoms with Crippen molar-refractivity contribution >= 4 is 76.2 Å². The summed E-state index contributed by atoms with van der Waals surface area (Å²) in [5.41, 5.74) is 11.5. The van der Waals surface area contributed by atoms with Crippen LogP contribution in [-0.4, -0.2) is 19.1 Å². The first-order valence-corrected chi connectivity index (χ1v) is 19.1. The number of fused-ring (bicyclic) bond motifs is 10. The first-order valence-electron chi connectivity index (χ1n) is 19.1. The molecule has 0 unspecified atom stereocenters. The van der Waals surface area contributed by atoms with Crippen LogP contribution in [0, 0.1) is 0 Å². The lowest BCUT2D eigenvalue weighted by Crippen LogP contribution is -2.04. The number of hydrogen-bond acceptors (Lipinski definition) is 2. The molecular weight excluding hydrogens is 681 g/mol. The van der Waals surface area contributed by atoms with Crippen LogP contribution in [0.25, 0.3) is 110 Å². The predicted octanol–water partition coefficient (Wildman–Crippen LogP) is 13.5. The van der Waals surface area contributed by atoms with E-state index in [1.54, 1.807) is 0 Å². The third kappa shape index (κ3) is 4.60. The molecule has 0 radical (unpaired) electrons. The monoisotopic (exact) mass is 712 g/mol. The molecule has 9 aromatic carbocycles. The zero-order valence-electron chi connectivity index (χ0n) is 30.3. The molecule has 0 N–H and O–H groups in total. The van der Waals surface area contributed by atoms with Crippen molar-refractivity contribution in [2.24, 2.45) is 0 Å². The van der Waals surface area contributed by atoms with E-state index in [9.17, 15) is 0 Å². The molecule has 0 aliphatic heterocycles. The van der Waals surface area contributed by atoms with Crippen LogP contribution in [0.5, 0.6) is 0 Å². The summed E-state index contributed by atoms with van der Waals surface area (Å²) in [5, 5.41) is 9.75. The maximum atomic E-state index is 5.48. The Kier molecular flexibility index (Phi) is 6.60. The van der Waals surface area contributed by atoms with E-state index in [1.807, 2.05) is 12.1 Å². The minimum atomic E-state index is 0.803. The SMILES string of the molecule is c1ccc(-c2ccc(-c3nc4ccccc4nc3-n3c4cc(-n5c6ccccc6c6cc7ccccc7cc65)ccc4c4c5ccccc5ccc43)cc2)cc1. The summed E-state index contributed by atoms with van der Waals surface area (Å²) in [4.78, 5) is 10.8. The number of rotatable bonds is 4. The minimum Gasteiger partial charge on any atom is -0.309 e. The fourth-order valence-corrected chi connectivity index (χ4v) is 8.87. The van der Waals surface area contributed by atoms with Crippen LogP contribution in [0.2, 0.25) is 0 Å². The minimum absolute atomic E-state index is 0.803. The smallest absolute Gasteiger partial charge is 0.165 e. The molecule has 4 nitrogen and oxygen atoms in total. The van der Waals surface area contributed by atoms with Crippen molar-refractivity contribution in [3.63, 3.8) is 0 Å². The van der Waals surface area contributed by atoms with E-state index in [0.29, 0.717) is 0 Å². The molecule has 0 saturated heterocycles. The van der Waals surface area contributed by atoms with E-state index in [4.69, 9.17) is 9.97 Å². The Morgan fingerprint density at radius 1 is 0.321 bits per heavy atom. The van der Waals surface area contributed by atoms with Crippen LogP contribution in [0.4, 0.5) is 0 Å². The van der Waals surface area contributed by atoms with Crippen LogP contribution >= 0.6 is 0 Å². The quantitative estimate of drug-likeness (QED) is 0.182. The molecule has 0 fully saturated rings. The molecule has 0 amide bonds. The number of para-hydroxylation sites is 3. The largest absolute Gasteiger partial charge is 0.309 e. The van der Waals surface area contributed by atoms with Crippen molar-refractivity contribution in [1.29, 1.82) is 0 Å². The Bertz CT molecular complexity index is 3520. The first kappa shape index (κ1) is 30.9. The van der Waals surface area contributed by atoms with E-state index < -0.39 is 0 Å².